The van der Waals surface area contributed by atoms with Crippen LogP contribution in [0.4, 0.5) is 17.3 Å². The number of allylic oxidation sites excluding steroid dienone is 1. The summed E-state index contributed by atoms with van der Waals surface area (Å²) in [5.41, 5.74) is 4.82. The van der Waals surface area contributed by atoms with E-state index in [4.69, 9.17) is 9.97 Å². The smallest absolute Gasteiger partial charge is 0.278 e. The molecule has 0 bridgehead atoms. The number of pyridine rings is 1. The number of aryl methyl sites for hydroxylation is 1. The van der Waals surface area contributed by atoms with Crippen molar-refractivity contribution in [2.45, 2.75) is 45.1 Å². The zero-order chi connectivity index (χ0) is 27.1. The third-order valence-electron chi connectivity index (χ3n) is 8.04. The Morgan fingerprint density at radius 2 is 1.82 bits per heavy atom. The first-order valence-electron chi connectivity index (χ1n) is 13.7. The molecule has 1 aliphatic carbocycles. The summed E-state index contributed by atoms with van der Waals surface area (Å²) in [4.78, 5) is 32.5. The van der Waals surface area contributed by atoms with Crippen molar-refractivity contribution in [3.8, 4) is 5.82 Å². The van der Waals surface area contributed by atoms with Crippen molar-refractivity contribution in [1.29, 1.82) is 0 Å². The topological polar surface area (TPSA) is 84.1 Å². The predicted octanol–water partition coefficient (Wildman–Crippen LogP) is 4.27. The van der Waals surface area contributed by atoms with Gasteiger partial charge in [-0.15, -0.1) is 6.58 Å². The zero-order valence-electron chi connectivity index (χ0n) is 23.0. The highest BCUT2D eigenvalue weighted by Gasteiger charge is 2.30. The lowest BCUT2D eigenvalue weighted by Crippen LogP contribution is -2.44. The van der Waals surface area contributed by atoms with Crippen LogP contribution < -0.4 is 15.8 Å². The van der Waals surface area contributed by atoms with Gasteiger partial charge in [0.2, 0.25) is 5.95 Å². The fourth-order valence-corrected chi connectivity index (χ4v) is 5.78. The standard InChI is InChI=1S/C30H36N8O/c1-5-15-37-28(39)24-20-31-29(32-22-9-11-23(12-10-22)36-18-16-35(4)17-19-36)34-27(24)38(37)25-13-8-21-7-6-14-30(2,3)26(21)33-25/h5,8-13,20H,1,6-7,14-19H2,2-4H3,(H,31,32,34). The minimum absolute atomic E-state index is 0.0197. The number of aromatic nitrogens is 5. The third kappa shape index (κ3) is 4.71. The molecule has 0 spiro atoms. The molecule has 0 saturated carbocycles. The second-order valence-corrected chi connectivity index (χ2v) is 11.3. The number of rotatable bonds is 6. The summed E-state index contributed by atoms with van der Waals surface area (Å²) in [5, 5.41) is 3.77. The minimum atomic E-state index is -0.160. The molecule has 0 amide bonds. The lowest BCUT2D eigenvalue weighted by atomic mass is 9.76. The van der Waals surface area contributed by atoms with E-state index in [1.807, 2.05) is 22.9 Å². The third-order valence-corrected chi connectivity index (χ3v) is 8.04. The average Bonchev–Trinajstić information content (AvgIpc) is 3.20. The molecule has 2 aliphatic rings. The van der Waals surface area contributed by atoms with Gasteiger partial charge < -0.3 is 15.1 Å². The SMILES string of the molecule is C=CCn1c(=O)c2cnc(Nc3ccc(N4CCN(C)CC4)cc3)nc2n1-c1ccc2c(n1)C(C)(C)CCC2. The van der Waals surface area contributed by atoms with Gasteiger partial charge >= 0.3 is 0 Å². The van der Waals surface area contributed by atoms with Gasteiger partial charge in [0.25, 0.3) is 5.56 Å². The molecular weight excluding hydrogens is 488 g/mol. The van der Waals surface area contributed by atoms with Gasteiger partial charge in [0.1, 0.15) is 5.39 Å². The van der Waals surface area contributed by atoms with E-state index in [9.17, 15) is 4.79 Å². The highest BCUT2D eigenvalue weighted by atomic mass is 16.1. The van der Waals surface area contributed by atoms with E-state index >= 15 is 0 Å². The number of nitrogens with zero attached hydrogens (tertiary/aromatic N) is 7. The van der Waals surface area contributed by atoms with Gasteiger partial charge in [-0.05, 0) is 62.2 Å². The minimum Gasteiger partial charge on any atom is -0.369 e. The zero-order valence-corrected chi connectivity index (χ0v) is 23.0. The summed E-state index contributed by atoms with van der Waals surface area (Å²) in [5.74, 6) is 1.11. The number of anilines is 3. The molecule has 9 nitrogen and oxygen atoms in total. The van der Waals surface area contributed by atoms with Crippen molar-refractivity contribution in [3.05, 3.63) is 76.9 Å². The fourth-order valence-electron chi connectivity index (χ4n) is 5.78. The van der Waals surface area contributed by atoms with Crippen molar-refractivity contribution in [1.82, 2.24) is 29.2 Å². The molecule has 9 heteroatoms. The quantitative estimate of drug-likeness (QED) is 0.377. The highest BCUT2D eigenvalue weighted by molar-refractivity contribution is 5.77. The van der Waals surface area contributed by atoms with Crippen molar-refractivity contribution in [3.63, 3.8) is 0 Å². The average molecular weight is 525 g/mol. The maximum Gasteiger partial charge on any atom is 0.278 e. The van der Waals surface area contributed by atoms with Crippen LogP contribution in [-0.2, 0) is 18.4 Å². The first-order valence-corrected chi connectivity index (χ1v) is 13.7. The van der Waals surface area contributed by atoms with Crippen LogP contribution in [0.3, 0.4) is 0 Å². The fraction of sp³-hybridized carbons (Fsp3) is 0.400. The Bertz CT molecular complexity index is 1580. The van der Waals surface area contributed by atoms with Crippen LogP contribution in [0.2, 0.25) is 0 Å². The van der Waals surface area contributed by atoms with Gasteiger partial charge in [-0.3, -0.25) is 4.79 Å². The summed E-state index contributed by atoms with van der Waals surface area (Å²) in [6.45, 7) is 12.9. The monoisotopic (exact) mass is 524 g/mol. The molecule has 1 fully saturated rings. The van der Waals surface area contributed by atoms with E-state index in [0.29, 0.717) is 29.3 Å². The summed E-state index contributed by atoms with van der Waals surface area (Å²) in [6.07, 6.45) is 6.60. The van der Waals surface area contributed by atoms with Crippen LogP contribution in [0.15, 0.2) is 60.0 Å². The van der Waals surface area contributed by atoms with E-state index in [1.54, 1.807) is 17.0 Å². The summed E-state index contributed by atoms with van der Waals surface area (Å²) in [6, 6.07) is 12.5. The lowest BCUT2D eigenvalue weighted by Gasteiger charge is -2.34. The number of fused-ring (bicyclic) bond motifs is 2. The molecule has 202 valence electrons. The Balaban J connectivity index is 1.36. The number of hydrogen-bond acceptors (Lipinski definition) is 7. The van der Waals surface area contributed by atoms with Crippen molar-refractivity contribution >= 4 is 28.4 Å². The van der Waals surface area contributed by atoms with Crippen molar-refractivity contribution in [2.75, 3.05) is 43.4 Å². The van der Waals surface area contributed by atoms with Gasteiger partial charge in [0.15, 0.2) is 11.5 Å². The van der Waals surface area contributed by atoms with E-state index in [-0.39, 0.29) is 11.0 Å². The van der Waals surface area contributed by atoms with E-state index < -0.39 is 0 Å². The second kappa shape index (κ2) is 9.96. The number of hydrogen-bond donors (Lipinski definition) is 1. The summed E-state index contributed by atoms with van der Waals surface area (Å²) < 4.78 is 3.44. The Morgan fingerprint density at radius 3 is 2.56 bits per heavy atom. The molecule has 6 rings (SSSR count). The Hall–Kier alpha value is -3.98. The number of nitrogens with one attached hydrogen (secondary N) is 1. The van der Waals surface area contributed by atoms with E-state index in [0.717, 1.165) is 56.8 Å². The van der Waals surface area contributed by atoms with Crippen LogP contribution in [0.5, 0.6) is 0 Å². The van der Waals surface area contributed by atoms with Gasteiger partial charge in [-0.2, -0.15) is 4.98 Å². The molecule has 1 aliphatic heterocycles. The number of benzene rings is 1. The van der Waals surface area contributed by atoms with Crippen LogP contribution in [-0.4, -0.2) is 62.4 Å². The molecule has 0 radical (unpaired) electrons. The Labute approximate surface area is 228 Å². The van der Waals surface area contributed by atoms with E-state index in [2.05, 4.69) is 65.8 Å². The first kappa shape index (κ1) is 25.3. The van der Waals surface area contributed by atoms with Gasteiger partial charge in [-0.1, -0.05) is 26.0 Å². The lowest BCUT2D eigenvalue weighted by molar-refractivity contribution is 0.313. The molecule has 4 heterocycles. The maximum atomic E-state index is 13.4. The van der Waals surface area contributed by atoms with Crippen LogP contribution >= 0.6 is 0 Å². The number of likely N-dealkylation sites (N-methyl/N-ethyl adjacent to an activating group) is 1. The molecule has 39 heavy (non-hydrogen) atoms. The molecular formula is C30H36N8O. The van der Waals surface area contributed by atoms with Gasteiger partial charge in [0, 0.05) is 49.2 Å². The maximum absolute atomic E-state index is 13.4. The molecule has 1 N–H and O–H groups in total. The molecule has 3 aromatic heterocycles. The van der Waals surface area contributed by atoms with Gasteiger partial charge in [-0.25, -0.2) is 19.3 Å². The summed E-state index contributed by atoms with van der Waals surface area (Å²) in [7, 11) is 2.16. The second-order valence-electron chi connectivity index (χ2n) is 11.3. The predicted molar refractivity (Wildman–Crippen MR) is 157 cm³/mol. The molecule has 1 saturated heterocycles. The van der Waals surface area contributed by atoms with Crippen LogP contribution in [0.25, 0.3) is 16.9 Å². The van der Waals surface area contributed by atoms with Crippen molar-refractivity contribution < 1.29 is 0 Å². The van der Waals surface area contributed by atoms with Crippen molar-refractivity contribution in [2.24, 2.45) is 0 Å². The van der Waals surface area contributed by atoms with Crippen LogP contribution in [0, 0.1) is 0 Å². The summed E-state index contributed by atoms with van der Waals surface area (Å²) >= 11 is 0. The molecule has 1 aromatic carbocycles. The normalized spacial score (nSPS) is 17.3. The van der Waals surface area contributed by atoms with Gasteiger partial charge in [0.05, 0.1) is 12.2 Å². The largest absolute Gasteiger partial charge is 0.369 e. The first-order chi connectivity index (χ1) is 18.8. The van der Waals surface area contributed by atoms with Crippen LogP contribution in [0.1, 0.15) is 37.9 Å². The molecule has 4 aromatic rings. The Morgan fingerprint density at radius 1 is 1.05 bits per heavy atom. The molecule has 0 atom stereocenters. The number of piperazine rings is 1. The highest BCUT2D eigenvalue weighted by Crippen LogP contribution is 2.36. The van der Waals surface area contributed by atoms with E-state index in [1.165, 1.54) is 11.3 Å². The Kier molecular flexibility index (Phi) is 6.46. The molecule has 0 unspecified atom stereocenters.